The van der Waals surface area contributed by atoms with Gasteiger partial charge in [-0.2, -0.15) is 0 Å². The van der Waals surface area contributed by atoms with Gasteiger partial charge >= 0.3 is 5.97 Å². The van der Waals surface area contributed by atoms with Crippen molar-refractivity contribution in [1.29, 1.82) is 0 Å². The number of carbonyl (C=O) groups is 2. The lowest BCUT2D eigenvalue weighted by atomic mass is 9.67. The van der Waals surface area contributed by atoms with Crippen LogP contribution in [-0.2, 0) is 19.6 Å². The van der Waals surface area contributed by atoms with E-state index in [1.807, 2.05) is 44.2 Å². The number of benzene rings is 2. The molecular formula is C29H36Cl2N2O5S. The maximum absolute atomic E-state index is 14.4. The highest BCUT2D eigenvalue weighted by Gasteiger charge is 2.54. The molecule has 2 aromatic carbocycles. The van der Waals surface area contributed by atoms with Crippen molar-refractivity contribution >= 4 is 45.1 Å². The van der Waals surface area contributed by atoms with Crippen LogP contribution in [0.1, 0.15) is 69.5 Å². The summed E-state index contributed by atoms with van der Waals surface area (Å²) in [5.41, 5.74) is 0.559. The predicted molar refractivity (Wildman–Crippen MR) is 153 cm³/mol. The van der Waals surface area contributed by atoms with E-state index in [2.05, 4.69) is 4.72 Å². The number of carboxylic acid groups (broad SMARTS) is 1. The number of nitrogens with one attached hydrogen (secondary N) is 1. The second-order valence-corrected chi connectivity index (χ2v) is 14.4. The molecule has 39 heavy (non-hydrogen) atoms. The fraction of sp³-hybridized carbons (Fsp3) is 0.517. The van der Waals surface area contributed by atoms with E-state index in [0.29, 0.717) is 16.5 Å². The van der Waals surface area contributed by atoms with E-state index in [9.17, 15) is 23.1 Å². The van der Waals surface area contributed by atoms with E-state index in [4.69, 9.17) is 23.2 Å². The molecule has 1 saturated carbocycles. The zero-order chi connectivity index (χ0) is 28.5. The predicted octanol–water partition coefficient (Wildman–Crippen LogP) is 5.89. The van der Waals surface area contributed by atoms with Gasteiger partial charge in [0.15, 0.2) is 0 Å². The van der Waals surface area contributed by atoms with Crippen LogP contribution in [0.25, 0.3) is 0 Å². The van der Waals surface area contributed by atoms with Crippen molar-refractivity contribution in [1.82, 2.24) is 9.62 Å². The third kappa shape index (κ3) is 7.15. The van der Waals surface area contributed by atoms with E-state index in [0.717, 1.165) is 24.0 Å². The highest BCUT2D eigenvalue weighted by atomic mass is 35.5. The summed E-state index contributed by atoms with van der Waals surface area (Å²) in [6.07, 6.45) is 1.71. The second kappa shape index (κ2) is 11.8. The third-order valence-corrected chi connectivity index (χ3v) is 9.92. The Morgan fingerprint density at radius 1 is 1.10 bits per heavy atom. The van der Waals surface area contributed by atoms with Crippen LogP contribution < -0.4 is 4.72 Å². The first-order chi connectivity index (χ1) is 18.3. The number of hydrogen-bond donors (Lipinski definition) is 2. The number of sulfonamides is 1. The fourth-order valence-electron chi connectivity index (χ4n) is 5.93. The number of nitrogens with zero attached hydrogens (tertiary/aromatic N) is 1. The average molecular weight is 596 g/mol. The first-order valence-electron chi connectivity index (χ1n) is 13.3. The molecule has 4 rings (SSSR count). The fourth-order valence-corrected chi connectivity index (χ4v) is 7.67. The molecule has 4 unspecified atom stereocenters. The lowest BCUT2D eigenvalue weighted by molar-refractivity contribution is -0.161. The Morgan fingerprint density at radius 3 is 2.33 bits per heavy atom. The van der Waals surface area contributed by atoms with Gasteiger partial charge in [0.2, 0.25) is 15.9 Å². The Bertz CT molecular complexity index is 1310. The number of piperidine rings is 1. The monoisotopic (exact) mass is 594 g/mol. The number of amides is 1. The molecule has 212 valence electrons. The van der Waals surface area contributed by atoms with E-state index in [1.54, 1.807) is 30.0 Å². The van der Waals surface area contributed by atoms with Crippen LogP contribution >= 0.6 is 23.2 Å². The summed E-state index contributed by atoms with van der Waals surface area (Å²) in [4.78, 5) is 28.2. The molecule has 1 amide bonds. The van der Waals surface area contributed by atoms with Gasteiger partial charge < -0.3 is 10.0 Å². The first-order valence-corrected chi connectivity index (χ1v) is 15.7. The molecule has 10 heteroatoms. The second-order valence-electron chi connectivity index (χ2n) is 11.6. The summed E-state index contributed by atoms with van der Waals surface area (Å²) >= 11 is 12.6. The quantitative estimate of drug-likeness (QED) is 0.338. The maximum Gasteiger partial charge on any atom is 0.304 e. The van der Waals surface area contributed by atoms with E-state index in [1.165, 1.54) is 0 Å². The standard InChI is InChI=1S/C29H36Cl2N2O5S/c1-18(2)17-39(37,38)32-16-25(19-7-8-19)33-27(20-9-11-22(30)12-10-20)24(21-5-4-6-23(31)13-21)14-29(3,28(33)36)15-26(34)35/h4-6,9-13,18-19,24-25,27,32H,7-8,14-17H2,1-3H3,(H,34,35). The van der Waals surface area contributed by atoms with Gasteiger partial charge in [-0.15, -0.1) is 0 Å². The summed E-state index contributed by atoms with van der Waals surface area (Å²) in [5.74, 6) is -1.56. The van der Waals surface area contributed by atoms with Crippen molar-refractivity contribution in [2.24, 2.45) is 17.3 Å². The van der Waals surface area contributed by atoms with Gasteiger partial charge in [0, 0.05) is 28.5 Å². The molecule has 4 atom stereocenters. The molecule has 0 bridgehead atoms. The number of carbonyl (C=O) groups excluding carboxylic acids is 1. The Kier molecular flexibility index (Phi) is 9.01. The number of hydrogen-bond acceptors (Lipinski definition) is 4. The number of likely N-dealkylation sites (tertiary alicyclic amines) is 1. The molecule has 1 aliphatic heterocycles. The van der Waals surface area contributed by atoms with Gasteiger partial charge in [0.25, 0.3) is 0 Å². The summed E-state index contributed by atoms with van der Waals surface area (Å²) < 4.78 is 28.4. The van der Waals surface area contributed by atoms with Gasteiger partial charge in [0.1, 0.15) is 0 Å². The number of carboxylic acids is 1. The summed E-state index contributed by atoms with van der Waals surface area (Å²) in [7, 11) is -3.56. The number of aliphatic carboxylic acids is 1. The smallest absolute Gasteiger partial charge is 0.304 e. The van der Waals surface area contributed by atoms with E-state index >= 15 is 0 Å². The zero-order valence-corrected chi connectivity index (χ0v) is 24.8. The normalized spacial score (nSPS) is 24.7. The highest BCUT2D eigenvalue weighted by molar-refractivity contribution is 7.89. The molecule has 2 aliphatic rings. The molecule has 2 N–H and O–H groups in total. The minimum atomic E-state index is -3.56. The summed E-state index contributed by atoms with van der Waals surface area (Å²) in [6.45, 7) is 5.46. The first kappa shape index (κ1) is 29.8. The zero-order valence-electron chi connectivity index (χ0n) is 22.4. The molecule has 2 aromatic rings. The van der Waals surface area contributed by atoms with Crippen molar-refractivity contribution in [3.05, 3.63) is 69.7 Å². The summed E-state index contributed by atoms with van der Waals surface area (Å²) in [6, 6.07) is 13.9. The topological polar surface area (TPSA) is 104 Å². The minimum Gasteiger partial charge on any atom is -0.481 e. The van der Waals surface area contributed by atoms with Gasteiger partial charge in [-0.25, -0.2) is 13.1 Å². The highest BCUT2D eigenvalue weighted by Crippen LogP contribution is 2.54. The molecule has 0 spiro atoms. The van der Waals surface area contributed by atoms with Crippen molar-refractivity contribution in [3.8, 4) is 0 Å². The SMILES string of the molecule is CC(C)CS(=O)(=O)NCC(C1CC1)N1C(=O)C(C)(CC(=O)O)CC(c2cccc(Cl)c2)C1c1ccc(Cl)cc1. The van der Waals surface area contributed by atoms with Crippen molar-refractivity contribution in [3.63, 3.8) is 0 Å². The maximum atomic E-state index is 14.4. The lowest BCUT2D eigenvalue weighted by Gasteiger charge is -2.52. The Morgan fingerprint density at radius 2 is 1.77 bits per heavy atom. The molecule has 0 radical (unpaired) electrons. The Hall–Kier alpha value is -2.13. The van der Waals surface area contributed by atoms with Gasteiger partial charge in [-0.3, -0.25) is 9.59 Å². The Labute approximate surface area is 240 Å². The van der Waals surface area contributed by atoms with Crippen LogP contribution in [0.2, 0.25) is 10.0 Å². The van der Waals surface area contributed by atoms with Crippen molar-refractivity contribution < 1.29 is 23.1 Å². The molecule has 1 aliphatic carbocycles. The lowest BCUT2D eigenvalue weighted by Crippen LogP contribution is -2.59. The van der Waals surface area contributed by atoms with Crippen LogP contribution in [0.3, 0.4) is 0 Å². The van der Waals surface area contributed by atoms with Crippen molar-refractivity contribution in [2.45, 2.75) is 64.5 Å². The van der Waals surface area contributed by atoms with Gasteiger partial charge in [-0.05, 0) is 66.5 Å². The van der Waals surface area contributed by atoms with E-state index in [-0.39, 0.29) is 42.4 Å². The van der Waals surface area contributed by atoms with Crippen molar-refractivity contribution in [2.75, 3.05) is 12.3 Å². The van der Waals surface area contributed by atoms with E-state index < -0.39 is 33.5 Å². The molecule has 2 fully saturated rings. The Balaban J connectivity index is 1.85. The van der Waals surface area contributed by atoms with Crippen LogP contribution in [0, 0.1) is 17.3 Å². The largest absolute Gasteiger partial charge is 0.481 e. The van der Waals surface area contributed by atoms with Crippen LogP contribution in [0.4, 0.5) is 0 Å². The summed E-state index contributed by atoms with van der Waals surface area (Å²) in [5, 5.41) is 10.9. The van der Waals surface area contributed by atoms with Gasteiger partial charge in [-0.1, -0.05) is 68.2 Å². The molecule has 7 nitrogen and oxygen atoms in total. The molecular weight excluding hydrogens is 559 g/mol. The molecule has 1 heterocycles. The van der Waals surface area contributed by atoms with Gasteiger partial charge in [0.05, 0.1) is 23.6 Å². The van der Waals surface area contributed by atoms with Crippen LogP contribution in [0.5, 0.6) is 0 Å². The number of halogens is 2. The minimum absolute atomic E-state index is 0.0131. The van der Waals surface area contributed by atoms with Crippen LogP contribution in [0.15, 0.2) is 48.5 Å². The molecule has 0 aromatic heterocycles. The third-order valence-electron chi connectivity index (χ3n) is 7.72. The molecule has 1 saturated heterocycles. The van der Waals surface area contributed by atoms with Crippen LogP contribution in [-0.4, -0.2) is 48.6 Å². The average Bonchev–Trinajstić information content (AvgIpc) is 3.66. The number of rotatable bonds is 11.